The lowest BCUT2D eigenvalue weighted by atomic mass is 9.80. The summed E-state index contributed by atoms with van der Waals surface area (Å²) in [6.07, 6.45) is 6.82. The van der Waals surface area contributed by atoms with Crippen LogP contribution < -0.4 is 5.73 Å². The normalized spacial score (nSPS) is 26.6. The van der Waals surface area contributed by atoms with Crippen molar-refractivity contribution >= 4 is 0 Å². The molecule has 4 heteroatoms. The van der Waals surface area contributed by atoms with E-state index in [1.165, 1.54) is 32.1 Å². The third-order valence-electron chi connectivity index (χ3n) is 5.09. The molecule has 0 radical (unpaired) electrons. The van der Waals surface area contributed by atoms with Crippen LogP contribution in [-0.2, 0) is 11.2 Å². The number of fused-ring (bicyclic) bond motifs is 1. The van der Waals surface area contributed by atoms with Crippen molar-refractivity contribution in [2.75, 3.05) is 6.54 Å². The fourth-order valence-electron chi connectivity index (χ4n) is 3.86. The van der Waals surface area contributed by atoms with E-state index in [9.17, 15) is 10.2 Å². The largest absolute Gasteiger partial charge is 0.504 e. The second kappa shape index (κ2) is 5.85. The number of rotatable bonds is 2. The van der Waals surface area contributed by atoms with Gasteiger partial charge in [-0.25, -0.2) is 0 Å². The maximum Gasteiger partial charge on any atom is 0.161 e. The number of benzene rings is 1. The monoisotopic (exact) mass is 291 g/mol. The van der Waals surface area contributed by atoms with Crippen LogP contribution in [-0.4, -0.2) is 22.9 Å². The van der Waals surface area contributed by atoms with Gasteiger partial charge in [-0.2, -0.15) is 0 Å². The highest BCUT2D eigenvalue weighted by molar-refractivity contribution is 5.55. The van der Waals surface area contributed by atoms with E-state index in [1.54, 1.807) is 6.92 Å². The minimum Gasteiger partial charge on any atom is -0.504 e. The molecule has 2 atom stereocenters. The summed E-state index contributed by atoms with van der Waals surface area (Å²) in [5.74, 6) is 0.560. The summed E-state index contributed by atoms with van der Waals surface area (Å²) < 4.78 is 6.23. The van der Waals surface area contributed by atoms with Gasteiger partial charge in [0.2, 0.25) is 0 Å². The topological polar surface area (TPSA) is 75.7 Å². The molecule has 0 spiro atoms. The molecule has 21 heavy (non-hydrogen) atoms. The predicted octanol–water partition coefficient (Wildman–Crippen LogP) is 2.93. The molecule has 3 rings (SSSR count). The van der Waals surface area contributed by atoms with Crippen molar-refractivity contribution in [3.05, 3.63) is 22.8 Å². The number of ether oxygens (including phenoxy) is 1. The highest BCUT2D eigenvalue weighted by Crippen LogP contribution is 2.44. The maximum atomic E-state index is 10.3. The van der Waals surface area contributed by atoms with Gasteiger partial charge in [-0.05, 0) is 42.9 Å². The molecule has 1 heterocycles. The predicted molar refractivity (Wildman–Crippen MR) is 81.5 cm³/mol. The molecule has 2 unspecified atom stereocenters. The van der Waals surface area contributed by atoms with Crippen LogP contribution in [0, 0.1) is 12.8 Å². The summed E-state index contributed by atoms with van der Waals surface area (Å²) in [6.45, 7) is 2.19. The molecule has 4 N–H and O–H groups in total. The van der Waals surface area contributed by atoms with Gasteiger partial charge in [-0.1, -0.05) is 19.3 Å². The first-order valence-electron chi connectivity index (χ1n) is 8.01. The summed E-state index contributed by atoms with van der Waals surface area (Å²) in [4.78, 5) is 0. The molecule has 0 saturated heterocycles. The molecule has 1 fully saturated rings. The van der Waals surface area contributed by atoms with E-state index < -0.39 is 0 Å². The Morgan fingerprint density at radius 3 is 2.57 bits per heavy atom. The smallest absolute Gasteiger partial charge is 0.161 e. The molecule has 4 nitrogen and oxygen atoms in total. The molecule has 116 valence electrons. The Balaban J connectivity index is 1.94. The molecule has 1 aromatic rings. The molecule has 1 aliphatic heterocycles. The van der Waals surface area contributed by atoms with E-state index in [1.807, 2.05) is 6.07 Å². The van der Waals surface area contributed by atoms with Gasteiger partial charge < -0.3 is 20.7 Å². The van der Waals surface area contributed by atoms with E-state index in [-0.39, 0.29) is 23.7 Å². The number of phenolic OH excluding ortho intramolecular Hbond substituents is 2. The van der Waals surface area contributed by atoms with Crippen LogP contribution in [0.4, 0.5) is 0 Å². The van der Waals surface area contributed by atoms with E-state index in [4.69, 9.17) is 10.5 Å². The van der Waals surface area contributed by atoms with Crippen molar-refractivity contribution in [2.24, 2.45) is 11.7 Å². The van der Waals surface area contributed by atoms with E-state index in [0.29, 0.717) is 24.4 Å². The zero-order chi connectivity index (χ0) is 15.0. The zero-order valence-electron chi connectivity index (χ0n) is 12.6. The molecule has 0 aromatic heterocycles. The standard InChI is InChI=1S/C17H25NO3/c1-10-7-12-13(17(20)16(10)19)8-14(21-15(12)9-18)11-5-3-2-4-6-11/h7,11,14-15,19-20H,2-6,8-9,18H2,1H3. The lowest BCUT2D eigenvalue weighted by molar-refractivity contribution is -0.0595. The molecular formula is C17H25NO3. The first-order valence-corrected chi connectivity index (χ1v) is 8.01. The van der Waals surface area contributed by atoms with E-state index >= 15 is 0 Å². The van der Waals surface area contributed by atoms with Crippen molar-refractivity contribution in [1.29, 1.82) is 0 Å². The average Bonchev–Trinajstić information content (AvgIpc) is 2.53. The second-order valence-corrected chi connectivity index (χ2v) is 6.46. The van der Waals surface area contributed by atoms with Gasteiger partial charge in [0.1, 0.15) is 0 Å². The van der Waals surface area contributed by atoms with E-state index in [2.05, 4.69) is 0 Å². The Hall–Kier alpha value is -1.26. The van der Waals surface area contributed by atoms with E-state index in [0.717, 1.165) is 11.1 Å². The number of hydrogen-bond donors (Lipinski definition) is 3. The lowest BCUT2D eigenvalue weighted by Gasteiger charge is -2.38. The lowest BCUT2D eigenvalue weighted by Crippen LogP contribution is -2.36. The van der Waals surface area contributed by atoms with Crippen molar-refractivity contribution in [3.63, 3.8) is 0 Å². The maximum absolute atomic E-state index is 10.3. The Morgan fingerprint density at radius 2 is 1.90 bits per heavy atom. The van der Waals surface area contributed by atoms with Crippen molar-refractivity contribution in [1.82, 2.24) is 0 Å². The summed E-state index contributed by atoms with van der Waals surface area (Å²) in [5.41, 5.74) is 8.32. The van der Waals surface area contributed by atoms with Crippen molar-refractivity contribution in [3.8, 4) is 11.5 Å². The molecule has 1 saturated carbocycles. The van der Waals surface area contributed by atoms with Crippen LogP contribution in [0.15, 0.2) is 6.07 Å². The highest BCUT2D eigenvalue weighted by atomic mass is 16.5. The molecule has 1 aromatic carbocycles. The van der Waals surface area contributed by atoms with Crippen LogP contribution in [0.5, 0.6) is 11.5 Å². The summed E-state index contributed by atoms with van der Waals surface area (Å²) in [7, 11) is 0. The Labute approximate surface area is 125 Å². The molecule has 2 aliphatic rings. The Kier molecular flexibility index (Phi) is 4.09. The molecular weight excluding hydrogens is 266 g/mol. The molecule has 1 aliphatic carbocycles. The number of aromatic hydroxyl groups is 2. The third-order valence-corrected chi connectivity index (χ3v) is 5.09. The first kappa shape index (κ1) is 14.7. The van der Waals surface area contributed by atoms with Gasteiger partial charge in [0.15, 0.2) is 11.5 Å². The van der Waals surface area contributed by atoms with Gasteiger partial charge in [0.05, 0.1) is 12.2 Å². The van der Waals surface area contributed by atoms with Crippen molar-refractivity contribution < 1.29 is 14.9 Å². The number of aryl methyl sites for hydroxylation is 1. The third kappa shape index (κ3) is 2.62. The number of nitrogens with two attached hydrogens (primary N) is 1. The number of hydrogen-bond acceptors (Lipinski definition) is 4. The summed E-state index contributed by atoms with van der Waals surface area (Å²) in [5, 5.41) is 20.3. The van der Waals surface area contributed by atoms with Gasteiger partial charge in [-0.3, -0.25) is 0 Å². The van der Waals surface area contributed by atoms with Crippen LogP contribution >= 0.6 is 0 Å². The van der Waals surface area contributed by atoms with Gasteiger partial charge in [-0.15, -0.1) is 0 Å². The SMILES string of the molecule is Cc1cc2c(c(O)c1O)CC(C1CCCCC1)OC2CN. The fourth-order valence-corrected chi connectivity index (χ4v) is 3.86. The van der Waals surface area contributed by atoms with Crippen molar-refractivity contribution in [2.45, 2.75) is 57.7 Å². The van der Waals surface area contributed by atoms with Gasteiger partial charge in [0.25, 0.3) is 0 Å². The minimum absolute atomic E-state index is 0.00573. The van der Waals surface area contributed by atoms with Crippen LogP contribution in [0.25, 0.3) is 0 Å². The molecule has 0 amide bonds. The average molecular weight is 291 g/mol. The van der Waals surface area contributed by atoms with Gasteiger partial charge in [0, 0.05) is 18.5 Å². The summed E-state index contributed by atoms with van der Waals surface area (Å²) >= 11 is 0. The number of phenols is 2. The van der Waals surface area contributed by atoms with Gasteiger partial charge >= 0.3 is 0 Å². The fraction of sp³-hybridized carbons (Fsp3) is 0.647. The van der Waals surface area contributed by atoms with Crippen LogP contribution in [0.2, 0.25) is 0 Å². The second-order valence-electron chi connectivity index (χ2n) is 6.46. The quantitative estimate of drug-likeness (QED) is 0.732. The van der Waals surface area contributed by atoms with Crippen LogP contribution in [0.1, 0.15) is 54.9 Å². The first-order chi connectivity index (χ1) is 10.1. The highest BCUT2D eigenvalue weighted by Gasteiger charge is 2.35. The Morgan fingerprint density at radius 1 is 1.19 bits per heavy atom. The Bertz CT molecular complexity index is 523. The summed E-state index contributed by atoms with van der Waals surface area (Å²) in [6, 6.07) is 1.90. The molecule has 0 bridgehead atoms. The zero-order valence-corrected chi connectivity index (χ0v) is 12.6. The van der Waals surface area contributed by atoms with Crippen LogP contribution in [0.3, 0.4) is 0 Å². The minimum atomic E-state index is -0.175.